The number of hydrogen-bond donors (Lipinski definition) is 1. The minimum Gasteiger partial charge on any atom is -0.481 e. The van der Waals surface area contributed by atoms with Crippen LogP contribution in [0.15, 0.2) is 72.8 Å². The van der Waals surface area contributed by atoms with Crippen molar-refractivity contribution in [3.8, 4) is 11.3 Å². The van der Waals surface area contributed by atoms with Gasteiger partial charge in [0, 0.05) is 36.6 Å². The molecule has 5 rings (SSSR count). The van der Waals surface area contributed by atoms with Crippen LogP contribution in [0.3, 0.4) is 0 Å². The molecular formula is C30H28FN3O3. The van der Waals surface area contributed by atoms with Crippen LogP contribution >= 0.6 is 0 Å². The molecule has 1 fully saturated rings. The molecule has 0 spiro atoms. The molecule has 188 valence electrons. The van der Waals surface area contributed by atoms with Gasteiger partial charge in [-0.2, -0.15) is 0 Å². The number of aryl methyl sites for hydroxylation is 1. The highest BCUT2D eigenvalue weighted by atomic mass is 19.1. The molecule has 7 heteroatoms. The van der Waals surface area contributed by atoms with Crippen LogP contribution in [0, 0.1) is 5.82 Å². The number of benzene rings is 3. The Morgan fingerprint density at radius 2 is 1.73 bits per heavy atom. The Morgan fingerprint density at radius 1 is 0.946 bits per heavy atom. The van der Waals surface area contributed by atoms with Gasteiger partial charge in [-0.15, -0.1) is 0 Å². The number of carboxylic acids is 1. The Labute approximate surface area is 214 Å². The first kappa shape index (κ1) is 24.6. The standard InChI is InChI=1S/C30H28FN3O3/c31-24-13-10-20(11-14-24)23-16-17-34(19-23)30(37)22-12-15-25-27(18-22)32-26(8-4-5-9-28(35)36)29(33-25)21-6-2-1-3-7-21/h1-3,6-7,10-15,18,23H,4-5,8-9,16-17,19H2,(H,35,36)/t23-/m1/s1. The smallest absolute Gasteiger partial charge is 0.303 e. The predicted molar refractivity (Wildman–Crippen MR) is 140 cm³/mol. The van der Waals surface area contributed by atoms with E-state index in [4.69, 9.17) is 15.1 Å². The van der Waals surface area contributed by atoms with E-state index >= 15 is 0 Å². The van der Waals surface area contributed by atoms with E-state index in [-0.39, 0.29) is 24.1 Å². The van der Waals surface area contributed by atoms with E-state index in [2.05, 4.69) is 0 Å². The van der Waals surface area contributed by atoms with Crippen molar-refractivity contribution in [2.75, 3.05) is 13.1 Å². The normalized spacial score (nSPS) is 15.3. The maximum Gasteiger partial charge on any atom is 0.303 e. The minimum absolute atomic E-state index is 0.0524. The topological polar surface area (TPSA) is 83.4 Å². The van der Waals surface area contributed by atoms with Crippen molar-refractivity contribution >= 4 is 22.9 Å². The van der Waals surface area contributed by atoms with Crippen molar-refractivity contribution in [1.82, 2.24) is 14.9 Å². The first-order valence-electron chi connectivity index (χ1n) is 12.6. The number of carbonyl (C=O) groups is 2. The molecule has 1 atom stereocenters. The summed E-state index contributed by atoms with van der Waals surface area (Å²) in [5, 5.41) is 8.97. The van der Waals surface area contributed by atoms with Crippen molar-refractivity contribution < 1.29 is 19.1 Å². The quantitative estimate of drug-likeness (QED) is 0.308. The van der Waals surface area contributed by atoms with Crippen LogP contribution in [-0.4, -0.2) is 44.9 Å². The molecule has 0 unspecified atom stereocenters. The van der Waals surface area contributed by atoms with Crippen molar-refractivity contribution in [2.45, 2.75) is 38.0 Å². The summed E-state index contributed by atoms with van der Waals surface area (Å²) in [6.45, 7) is 1.24. The third-order valence-corrected chi connectivity index (χ3v) is 6.90. The van der Waals surface area contributed by atoms with E-state index in [1.165, 1.54) is 12.1 Å². The largest absolute Gasteiger partial charge is 0.481 e. The fourth-order valence-corrected chi connectivity index (χ4v) is 4.93. The average Bonchev–Trinajstić information content (AvgIpc) is 3.41. The zero-order valence-electron chi connectivity index (χ0n) is 20.4. The molecule has 0 radical (unpaired) electrons. The molecule has 1 aliphatic heterocycles. The highest BCUT2D eigenvalue weighted by Crippen LogP contribution is 2.29. The van der Waals surface area contributed by atoms with Gasteiger partial charge in [-0.05, 0) is 61.6 Å². The van der Waals surface area contributed by atoms with Gasteiger partial charge >= 0.3 is 5.97 Å². The number of aromatic nitrogens is 2. The summed E-state index contributed by atoms with van der Waals surface area (Å²) in [6, 6.07) is 21.8. The Balaban J connectivity index is 1.39. The van der Waals surface area contributed by atoms with Crippen molar-refractivity contribution in [1.29, 1.82) is 0 Å². The lowest BCUT2D eigenvalue weighted by Crippen LogP contribution is -2.28. The molecule has 37 heavy (non-hydrogen) atoms. The molecular weight excluding hydrogens is 469 g/mol. The second kappa shape index (κ2) is 10.9. The first-order chi connectivity index (χ1) is 18.0. The number of fused-ring (bicyclic) bond motifs is 1. The third kappa shape index (κ3) is 5.66. The highest BCUT2D eigenvalue weighted by Gasteiger charge is 2.28. The zero-order chi connectivity index (χ0) is 25.8. The lowest BCUT2D eigenvalue weighted by atomic mass is 9.98. The summed E-state index contributed by atoms with van der Waals surface area (Å²) in [7, 11) is 0. The molecule has 0 bridgehead atoms. The lowest BCUT2D eigenvalue weighted by Gasteiger charge is -2.17. The third-order valence-electron chi connectivity index (χ3n) is 6.90. The number of rotatable bonds is 8. The van der Waals surface area contributed by atoms with Crippen LogP contribution in [0.4, 0.5) is 4.39 Å². The maximum absolute atomic E-state index is 13.3. The summed E-state index contributed by atoms with van der Waals surface area (Å²) in [5.41, 5.74) is 5.49. The molecule has 2 heterocycles. The van der Waals surface area contributed by atoms with Crippen LogP contribution < -0.4 is 0 Å². The van der Waals surface area contributed by atoms with E-state index in [1.807, 2.05) is 41.3 Å². The summed E-state index contributed by atoms with van der Waals surface area (Å²) in [5.74, 6) is -0.928. The molecule has 4 aromatic rings. The number of unbranched alkanes of at least 4 members (excludes halogenated alkanes) is 1. The van der Waals surface area contributed by atoms with E-state index in [0.29, 0.717) is 48.9 Å². The van der Waals surface area contributed by atoms with Crippen LogP contribution in [-0.2, 0) is 11.2 Å². The number of carboxylic acid groups (broad SMARTS) is 1. The van der Waals surface area contributed by atoms with Gasteiger partial charge in [-0.25, -0.2) is 14.4 Å². The Kier molecular flexibility index (Phi) is 7.21. The average molecular weight is 498 g/mol. The first-order valence-corrected chi connectivity index (χ1v) is 12.6. The zero-order valence-corrected chi connectivity index (χ0v) is 20.4. The van der Waals surface area contributed by atoms with E-state index in [9.17, 15) is 14.0 Å². The number of aliphatic carboxylic acids is 1. The second-order valence-electron chi connectivity index (χ2n) is 9.48. The summed E-state index contributed by atoms with van der Waals surface area (Å²) < 4.78 is 13.3. The van der Waals surface area contributed by atoms with Gasteiger partial charge in [0.15, 0.2) is 0 Å². The Morgan fingerprint density at radius 3 is 2.49 bits per heavy atom. The molecule has 6 nitrogen and oxygen atoms in total. The highest BCUT2D eigenvalue weighted by molar-refractivity contribution is 5.97. The van der Waals surface area contributed by atoms with Gasteiger partial charge in [-0.1, -0.05) is 42.5 Å². The lowest BCUT2D eigenvalue weighted by molar-refractivity contribution is -0.137. The summed E-state index contributed by atoms with van der Waals surface area (Å²) >= 11 is 0. The van der Waals surface area contributed by atoms with Crippen LogP contribution in [0.25, 0.3) is 22.3 Å². The molecule has 0 aliphatic carbocycles. The van der Waals surface area contributed by atoms with Crippen molar-refractivity contribution in [3.05, 3.63) is 95.4 Å². The van der Waals surface area contributed by atoms with Crippen molar-refractivity contribution in [3.63, 3.8) is 0 Å². The molecule has 1 aliphatic rings. The number of halogens is 1. The van der Waals surface area contributed by atoms with E-state index in [0.717, 1.165) is 28.9 Å². The van der Waals surface area contributed by atoms with Crippen molar-refractivity contribution in [2.24, 2.45) is 0 Å². The summed E-state index contributed by atoms with van der Waals surface area (Å²) in [6.07, 6.45) is 2.81. The Bertz CT molecular complexity index is 1420. The van der Waals surface area contributed by atoms with Gasteiger partial charge in [-0.3, -0.25) is 9.59 Å². The maximum atomic E-state index is 13.3. The number of likely N-dealkylation sites (tertiary alicyclic amines) is 1. The van der Waals surface area contributed by atoms with Crippen LogP contribution in [0.5, 0.6) is 0 Å². The second-order valence-corrected chi connectivity index (χ2v) is 9.48. The van der Waals surface area contributed by atoms with Gasteiger partial charge in [0.2, 0.25) is 0 Å². The van der Waals surface area contributed by atoms with E-state index < -0.39 is 5.97 Å². The molecule has 0 saturated carbocycles. The number of amides is 1. The van der Waals surface area contributed by atoms with Gasteiger partial charge in [0.1, 0.15) is 5.82 Å². The fourth-order valence-electron chi connectivity index (χ4n) is 4.93. The number of hydrogen-bond acceptors (Lipinski definition) is 4. The van der Waals surface area contributed by atoms with Crippen LogP contribution in [0.2, 0.25) is 0 Å². The SMILES string of the molecule is O=C(O)CCCCc1nc2cc(C(=O)N3CC[C@@H](c4ccc(F)cc4)C3)ccc2nc1-c1ccccc1. The van der Waals surface area contributed by atoms with Gasteiger partial charge < -0.3 is 10.0 Å². The fraction of sp³-hybridized carbons (Fsp3) is 0.267. The number of carbonyl (C=O) groups excluding carboxylic acids is 1. The monoisotopic (exact) mass is 497 g/mol. The van der Waals surface area contributed by atoms with Crippen LogP contribution in [0.1, 0.15) is 53.2 Å². The molecule has 1 N–H and O–H groups in total. The van der Waals surface area contributed by atoms with E-state index in [1.54, 1.807) is 24.3 Å². The predicted octanol–water partition coefficient (Wildman–Crippen LogP) is 5.86. The molecule has 1 amide bonds. The minimum atomic E-state index is -0.806. The summed E-state index contributed by atoms with van der Waals surface area (Å²) in [4.78, 5) is 35.9. The molecule has 1 saturated heterocycles. The number of nitrogens with zero attached hydrogens (tertiary/aromatic N) is 3. The molecule has 1 aromatic heterocycles. The van der Waals surface area contributed by atoms with Gasteiger partial charge in [0.05, 0.1) is 22.4 Å². The Hall–Kier alpha value is -4.13. The van der Waals surface area contributed by atoms with Gasteiger partial charge in [0.25, 0.3) is 5.91 Å². The molecule has 3 aromatic carbocycles.